The van der Waals surface area contributed by atoms with Crippen LogP contribution >= 0.6 is 46.2 Å². The average Bonchev–Trinajstić information content (AvgIpc) is 3.45. The zero-order valence-electron chi connectivity index (χ0n) is 18.3. The number of rotatable bonds is 7. The molecule has 0 amide bonds. The van der Waals surface area contributed by atoms with Gasteiger partial charge >= 0.3 is 0 Å². The van der Waals surface area contributed by atoms with Gasteiger partial charge in [-0.15, -0.1) is 20.4 Å². The first-order valence-electron chi connectivity index (χ1n) is 10.1. The molecule has 174 valence electrons. The smallest absolute Gasteiger partial charge is 0.246 e. The maximum atomic E-state index is 12.1. The molecule has 0 aliphatic carbocycles. The van der Waals surface area contributed by atoms with Crippen LogP contribution in [0.3, 0.4) is 0 Å². The van der Waals surface area contributed by atoms with E-state index in [1.165, 1.54) is 69.4 Å². The van der Waals surface area contributed by atoms with Gasteiger partial charge in [-0.1, -0.05) is 107 Å². The predicted molar refractivity (Wildman–Crippen MR) is 136 cm³/mol. The van der Waals surface area contributed by atoms with Crippen LogP contribution in [-0.4, -0.2) is 31.4 Å². The van der Waals surface area contributed by atoms with E-state index < -0.39 is 0 Å². The van der Waals surface area contributed by atoms with Crippen molar-refractivity contribution in [3.63, 3.8) is 0 Å². The zero-order chi connectivity index (χ0) is 23.9. The van der Waals surface area contributed by atoms with Crippen LogP contribution in [-0.2, 0) is 11.5 Å². The van der Waals surface area contributed by atoms with Crippen molar-refractivity contribution in [2.75, 3.05) is 0 Å². The van der Waals surface area contributed by atoms with Gasteiger partial charge in [-0.25, -0.2) is 0 Å². The molecule has 0 atom stereocenters. The van der Waals surface area contributed by atoms with Gasteiger partial charge in [-0.2, -0.15) is 9.36 Å². The molecule has 0 unspecified atom stereocenters. The predicted octanol–water partition coefficient (Wildman–Crippen LogP) is 4.52. The molecule has 4 aromatic rings. The molecule has 0 aliphatic rings. The van der Waals surface area contributed by atoms with Crippen molar-refractivity contribution in [3.05, 3.63) is 81.4 Å². The molecule has 12 heteroatoms. The highest BCUT2D eigenvalue weighted by Gasteiger charge is 2.11. The number of hydrogen-bond acceptors (Lipinski definition) is 10. The van der Waals surface area contributed by atoms with Crippen molar-refractivity contribution < 1.29 is 9.59 Å². The molecule has 0 aliphatic heterocycles. The lowest BCUT2D eigenvalue weighted by Crippen LogP contribution is -2.24. The summed E-state index contributed by atoms with van der Waals surface area (Å²) < 4.78 is 3.86. The summed E-state index contributed by atoms with van der Waals surface area (Å²) in [5, 5.41) is 17.2. The van der Waals surface area contributed by atoms with E-state index in [1.54, 1.807) is 0 Å². The Labute approximate surface area is 212 Å². The lowest BCUT2D eigenvalue weighted by Gasteiger charge is -1.97. The fourth-order valence-corrected chi connectivity index (χ4v) is 6.46. The molecule has 34 heavy (non-hydrogen) atoms. The Morgan fingerprint density at radius 3 is 1.47 bits per heavy atom. The number of carbonyl (C=O) groups excluding carboxylic acids is 2. The first-order valence-corrected chi connectivity index (χ1v) is 13.7. The highest BCUT2D eigenvalue weighted by Crippen LogP contribution is 2.23. The summed E-state index contributed by atoms with van der Waals surface area (Å²) in [7, 11) is 0. The van der Waals surface area contributed by atoms with Gasteiger partial charge < -0.3 is 0 Å². The van der Waals surface area contributed by atoms with E-state index >= 15 is 0 Å². The number of hydrogen-bond donors (Lipinski definition) is 0. The standard InChI is InChI=1S/C22H20N6O2S4/c1-15(29)27-19(33-21(25-27)31-13-17-9-5-3-6-10-17)23-24-20-28(16(2)30)26-22(34-20)32-14-18-11-7-4-8-12-18/h3-12H,13-14H2,1-2H3/b23-19-,24-20+. The summed E-state index contributed by atoms with van der Waals surface area (Å²) in [5.41, 5.74) is 2.32. The van der Waals surface area contributed by atoms with Gasteiger partial charge in [0.2, 0.25) is 21.4 Å². The highest BCUT2D eigenvalue weighted by molar-refractivity contribution is 8.00. The summed E-state index contributed by atoms with van der Waals surface area (Å²) >= 11 is 5.60. The Bertz CT molecular complexity index is 1310. The largest absolute Gasteiger partial charge is 0.273 e. The van der Waals surface area contributed by atoms with Crippen molar-refractivity contribution in [1.82, 2.24) is 19.6 Å². The number of carbonyl (C=O) groups is 2. The second-order valence-electron chi connectivity index (χ2n) is 6.91. The lowest BCUT2D eigenvalue weighted by molar-refractivity contribution is 0.0905. The Morgan fingerprint density at radius 1 is 0.735 bits per heavy atom. The van der Waals surface area contributed by atoms with Crippen LogP contribution < -0.4 is 9.60 Å². The van der Waals surface area contributed by atoms with Crippen LogP contribution in [0, 0.1) is 0 Å². The normalized spacial score (nSPS) is 12.3. The van der Waals surface area contributed by atoms with Crippen LogP contribution in [0.4, 0.5) is 0 Å². The first-order chi connectivity index (χ1) is 16.5. The Morgan fingerprint density at radius 2 is 1.12 bits per heavy atom. The third kappa shape index (κ3) is 6.41. The number of benzene rings is 2. The molecule has 0 N–H and O–H groups in total. The Kier molecular flexibility index (Phi) is 8.27. The van der Waals surface area contributed by atoms with Gasteiger partial charge in [0.1, 0.15) is 0 Å². The number of nitrogens with zero attached hydrogens (tertiary/aromatic N) is 6. The summed E-state index contributed by atoms with van der Waals surface area (Å²) in [4.78, 5) is 24.9. The zero-order valence-corrected chi connectivity index (χ0v) is 21.6. The van der Waals surface area contributed by atoms with Crippen LogP contribution in [0.1, 0.15) is 34.6 Å². The lowest BCUT2D eigenvalue weighted by atomic mass is 10.2. The minimum Gasteiger partial charge on any atom is -0.273 e. The monoisotopic (exact) mass is 528 g/mol. The minimum atomic E-state index is -0.264. The summed E-state index contributed by atoms with van der Waals surface area (Å²) in [6, 6.07) is 20.0. The maximum absolute atomic E-state index is 12.1. The topological polar surface area (TPSA) is 94.5 Å². The SMILES string of the molecule is CC(=O)n1nc(SCc2ccccc2)s/c1=N\N=c1\sc(SCc2ccccc2)nn1C(C)=O. The second-order valence-corrected chi connectivity index (χ2v) is 11.3. The van der Waals surface area contributed by atoms with Gasteiger partial charge in [0, 0.05) is 25.4 Å². The molecule has 2 aromatic carbocycles. The van der Waals surface area contributed by atoms with Crippen molar-refractivity contribution >= 4 is 58.0 Å². The van der Waals surface area contributed by atoms with Gasteiger partial charge in [0.05, 0.1) is 0 Å². The van der Waals surface area contributed by atoms with Crippen LogP contribution in [0.25, 0.3) is 0 Å². The van der Waals surface area contributed by atoms with E-state index in [0.717, 1.165) is 22.6 Å². The summed E-state index contributed by atoms with van der Waals surface area (Å²) in [6.45, 7) is 2.84. The molecule has 0 fully saturated rings. The third-order valence-electron chi connectivity index (χ3n) is 4.31. The Balaban J connectivity index is 1.60. The minimum absolute atomic E-state index is 0.264. The van der Waals surface area contributed by atoms with E-state index in [9.17, 15) is 9.59 Å². The van der Waals surface area contributed by atoms with Crippen molar-refractivity contribution in [3.8, 4) is 0 Å². The van der Waals surface area contributed by atoms with Crippen molar-refractivity contribution in [2.24, 2.45) is 10.2 Å². The molecule has 0 saturated heterocycles. The third-order valence-corrected chi connectivity index (χ3v) is 8.52. The van der Waals surface area contributed by atoms with Gasteiger partial charge in [-0.3, -0.25) is 9.59 Å². The molecular weight excluding hydrogens is 509 g/mol. The molecule has 0 radical (unpaired) electrons. The quantitative estimate of drug-likeness (QED) is 0.259. The van der Waals surface area contributed by atoms with E-state index in [4.69, 9.17) is 0 Å². The van der Waals surface area contributed by atoms with E-state index in [2.05, 4.69) is 20.4 Å². The first kappa shape index (κ1) is 24.3. The second kappa shape index (κ2) is 11.6. The molecular formula is C22H20N6O2S4. The summed E-state index contributed by atoms with van der Waals surface area (Å²) in [5.74, 6) is 0.924. The van der Waals surface area contributed by atoms with Crippen molar-refractivity contribution in [2.45, 2.75) is 34.0 Å². The van der Waals surface area contributed by atoms with Gasteiger partial charge in [0.15, 0.2) is 8.68 Å². The fourth-order valence-electron chi connectivity index (χ4n) is 2.71. The van der Waals surface area contributed by atoms with Crippen LogP contribution in [0.2, 0.25) is 0 Å². The molecule has 0 bridgehead atoms. The fraction of sp³-hybridized carbons (Fsp3) is 0.182. The molecule has 4 rings (SSSR count). The average molecular weight is 529 g/mol. The van der Waals surface area contributed by atoms with E-state index in [-0.39, 0.29) is 11.8 Å². The van der Waals surface area contributed by atoms with E-state index in [1.807, 2.05) is 60.7 Å². The van der Waals surface area contributed by atoms with Crippen LogP contribution in [0.5, 0.6) is 0 Å². The highest BCUT2D eigenvalue weighted by atomic mass is 32.2. The molecule has 0 spiro atoms. The maximum Gasteiger partial charge on any atom is 0.246 e. The Hall–Kier alpha value is -2.80. The van der Waals surface area contributed by atoms with Crippen LogP contribution in [0.15, 0.2) is 79.5 Å². The van der Waals surface area contributed by atoms with E-state index in [0.29, 0.717) is 18.3 Å². The summed E-state index contributed by atoms with van der Waals surface area (Å²) in [6.07, 6.45) is 0. The number of thioether (sulfide) groups is 2. The molecule has 0 saturated carbocycles. The number of aromatic nitrogens is 4. The molecule has 8 nitrogen and oxygen atoms in total. The van der Waals surface area contributed by atoms with Gasteiger partial charge in [-0.05, 0) is 11.1 Å². The van der Waals surface area contributed by atoms with Gasteiger partial charge in [0.25, 0.3) is 0 Å². The van der Waals surface area contributed by atoms with Crippen molar-refractivity contribution in [1.29, 1.82) is 0 Å². The molecule has 2 heterocycles. The molecule has 2 aromatic heterocycles.